The normalized spacial score (nSPS) is 10.2. The largest absolute Gasteiger partial charge is 0.450 e. The van der Waals surface area contributed by atoms with Crippen LogP contribution in [-0.4, -0.2) is 16.4 Å². The molecule has 0 aliphatic carbocycles. The molecule has 10 heavy (non-hydrogen) atoms. The van der Waals surface area contributed by atoms with Crippen LogP contribution in [0.5, 0.6) is 0 Å². The van der Waals surface area contributed by atoms with Crippen LogP contribution in [0.25, 0.3) is 0 Å². The summed E-state index contributed by atoms with van der Waals surface area (Å²) >= 11 is 15.5. The second kappa shape index (κ2) is 3.87. The predicted octanol–water partition coefficient (Wildman–Crippen LogP) is 1.42. The Labute approximate surface area is 72.4 Å². The third-order valence-electron chi connectivity index (χ3n) is 0.458. The highest BCUT2D eigenvalue weighted by Gasteiger charge is 2.21. The van der Waals surface area contributed by atoms with Crippen LogP contribution in [-0.2, 0) is 9.53 Å². The molecule has 0 unspecified atom stereocenters. The van der Waals surface area contributed by atoms with Gasteiger partial charge in [-0.1, -0.05) is 34.8 Å². The van der Waals surface area contributed by atoms with Crippen LogP contribution in [0.15, 0.2) is 0 Å². The van der Waals surface area contributed by atoms with E-state index < -0.39 is 16.4 Å². The summed E-state index contributed by atoms with van der Waals surface area (Å²) in [6, 6.07) is 1.20. The van der Waals surface area contributed by atoms with Gasteiger partial charge in [0.2, 0.25) is 3.79 Å². The summed E-state index contributed by atoms with van der Waals surface area (Å²) in [5.41, 5.74) is 0. The van der Waals surface area contributed by atoms with Gasteiger partial charge in [-0.05, 0) is 0 Å². The molecule has 0 rings (SSSR count). The van der Waals surface area contributed by atoms with Crippen LogP contribution in [0, 0.1) is 11.3 Å². The van der Waals surface area contributed by atoms with Gasteiger partial charge in [0, 0.05) is 0 Å². The number of rotatable bonds is 1. The number of carbonyl (C=O) groups is 1. The third-order valence-corrected chi connectivity index (χ3v) is 0.786. The highest BCUT2D eigenvalue weighted by molar-refractivity contribution is 6.67. The van der Waals surface area contributed by atoms with Gasteiger partial charge in [0.05, 0.1) is 0 Å². The molecule has 0 atom stereocenters. The number of carbonyl (C=O) groups excluding carboxylic acids is 1. The van der Waals surface area contributed by atoms with E-state index in [0.29, 0.717) is 0 Å². The molecule has 0 heterocycles. The van der Waals surface area contributed by atoms with Gasteiger partial charge in [-0.15, -0.1) is 0 Å². The van der Waals surface area contributed by atoms with Crippen LogP contribution >= 0.6 is 34.8 Å². The minimum Gasteiger partial charge on any atom is -0.450 e. The standard InChI is InChI=1S/C4H2Cl3NO2/c5-4(6,7)2-10-3(9)1-8/h2H2. The molecule has 0 bridgehead atoms. The molecule has 56 valence electrons. The van der Waals surface area contributed by atoms with E-state index in [9.17, 15) is 4.79 Å². The number of nitriles is 1. The zero-order valence-corrected chi connectivity index (χ0v) is 6.87. The van der Waals surface area contributed by atoms with Gasteiger partial charge < -0.3 is 4.74 Å². The van der Waals surface area contributed by atoms with Crippen LogP contribution < -0.4 is 0 Å². The summed E-state index contributed by atoms with van der Waals surface area (Å²) in [6.45, 7) is -0.413. The molecule has 0 radical (unpaired) electrons. The number of alkyl halides is 3. The van der Waals surface area contributed by atoms with Gasteiger partial charge in [-0.3, -0.25) is 0 Å². The van der Waals surface area contributed by atoms with E-state index in [-0.39, 0.29) is 0 Å². The van der Waals surface area contributed by atoms with Crippen molar-refractivity contribution in [2.75, 3.05) is 6.61 Å². The van der Waals surface area contributed by atoms with Crippen molar-refractivity contribution in [2.24, 2.45) is 0 Å². The minimum atomic E-state index is -1.65. The molecule has 6 heteroatoms. The van der Waals surface area contributed by atoms with Gasteiger partial charge in [0.25, 0.3) is 0 Å². The van der Waals surface area contributed by atoms with E-state index >= 15 is 0 Å². The molecule has 0 fully saturated rings. The van der Waals surface area contributed by atoms with Crippen LogP contribution in [0.4, 0.5) is 0 Å². The summed E-state index contributed by atoms with van der Waals surface area (Å²) in [5.74, 6) is -1.06. The summed E-state index contributed by atoms with van der Waals surface area (Å²) in [7, 11) is 0. The highest BCUT2D eigenvalue weighted by atomic mass is 35.6. The zero-order chi connectivity index (χ0) is 8.20. The third kappa shape index (κ3) is 5.96. The van der Waals surface area contributed by atoms with Crippen molar-refractivity contribution in [1.82, 2.24) is 0 Å². The predicted molar refractivity (Wildman–Crippen MR) is 36.9 cm³/mol. The van der Waals surface area contributed by atoms with Gasteiger partial charge in [-0.25, -0.2) is 4.79 Å². The van der Waals surface area contributed by atoms with E-state index in [1.54, 1.807) is 0 Å². The molecule has 0 aliphatic heterocycles. The molecule has 0 N–H and O–H groups in total. The van der Waals surface area contributed by atoms with Crippen LogP contribution in [0.2, 0.25) is 0 Å². The van der Waals surface area contributed by atoms with Crippen molar-refractivity contribution in [3.8, 4) is 6.07 Å². The molecule has 0 spiro atoms. The molecule has 3 nitrogen and oxygen atoms in total. The molecular formula is C4H2Cl3NO2. The fourth-order valence-corrected chi connectivity index (χ4v) is 0.343. The Hall–Kier alpha value is -0.170. The van der Waals surface area contributed by atoms with Crippen LogP contribution in [0.1, 0.15) is 0 Å². The van der Waals surface area contributed by atoms with Crippen LogP contribution in [0.3, 0.4) is 0 Å². The number of hydrogen-bond acceptors (Lipinski definition) is 3. The first-order valence-corrected chi connectivity index (χ1v) is 3.22. The first-order chi connectivity index (χ1) is 4.45. The molecule has 0 aromatic heterocycles. The zero-order valence-electron chi connectivity index (χ0n) is 4.60. The summed E-state index contributed by atoms with van der Waals surface area (Å²) in [5, 5.41) is 7.88. The Kier molecular flexibility index (Phi) is 3.80. The van der Waals surface area contributed by atoms with Crippen molar-refractivity contribution in [3.05, 3.63) is 0 Å². The molecular weight excluding hydrogens is 200 g/mol. The average Bonchev–Trinajstić information content (AvgIpc) is 1.81. The Morgan fingerprint density at radius 1 is 1.60 bits per heavy atom. The lowest BCUT2D eigenvalue weighted by molar-refractivity contribution is -0.136. The van der Waals surface area contributed by atoms with Gasteiger partial charge in [-0.2, -0.15) is 5.26 Å². The molecule has 0 saturated carbocycles. The molecule has 0 aromatic rings. The Balaban J connectivity index is 3.58. The minimum absolute atomic E-state index is 0.413. The molecule has 0 amide bonds. The fraction of sp³-hybridized carbons (Fsp3) is 0.500. The maximum absolute atomic E-state index is 10.1. The van der Waals surface area contributed by atoms with Gasteiger partial charge in [0.1, 0.15) is 6.61 Å². The maximum Gasteiger partial charge on any atom is 0.411 e. The first-order valence-electron chi connectivity index (χ1n) is 2.09. The van der Waals surface area contributed by atoms with Crippen molar-refractivity contribution in [2.45, 2.75) is 3.79 Å². The lowest BCUT2D eigenvalue weighted by Crippen LogP contribution is -2.15. The number of ether oxygens (including phenoxy) is 1. The second-order valence-electron chi connectivity index (χ2n) is 1.30. The van der Waals surface area contributed by atoms with Gasteiger partial charge >= 0.3 is 5.97 Å². The van der Waals surface area contributed by atoms with Crippen molar-refractivity contribution >= 4 is 40.8 Å². The summed E-state index contributed by atoms with van der Waals surface area (Å²) < 4.78 is 2.51. The van der Waals surface area contributed by atoms with Gasteiger partial charge in [0.15, 0.2) is 6.07 Å². The van der Waals surface area contributed by atoms with E-state index in [1.165, 1.54) is 6.07 Å². The SMILES string of the molecule is N#CC(=O)OCC(Cl)(Cl)Cl. The quantitative estimate of drug-likeness (QED) is 0.367. The number of hydrogen-bond donors (Lipinski definition) is 0. The number of esters is 1. The van der Waals surface area contributed by atoms with Crippen molar-refractivity contribution in [1.29, 1.82) is 5.26 Å². The topological polar surface area (TPSA) is 50.1 Å². The van der Waals surface area contributed by atoms with E-state index in [2.05, 4.69) is 4.74 Å². The summed E-state index contributed by atoms with van der Waals surface area (Å²) in [4.78, 5) is 10.1. The first kappa shape index (κ1) is 9.83. The Bertz CT molecular complexity index is 168. The van der Waals surface area contributed by atoms with E-state index in [4.69, 9.17) is 40.1 Å². The molecule has 0 saturated heterocycles. The lowest BCUT2D eigenvalue weighted by atomic mass is 10.7. The molecule has 0 aromatic carbocycles. The average molecular weight is 202 g/mol. The lowest BCUT2D eigenvalue weighted by Gasteiger charge is -2.07. The maximum atomic E-state index is 10.1. The Morgan fingerprint density at radius 3 is 2.40 bits per heavy atom. The number of nitrogens with zero attached hydrogens (tertiary/aromatic N) is 1. The number of halogens is 3. The fourth-order valence-electron chi connectivity index (χ4n) is 0.180. The van der Waals surface area contributed by atoms with Crippen molar-refractivity contribution in [3.63, 3.8) is 0 Å². The highest BCUT2D eigenvalue weighted by Crippen LogP contribution is 2.25. The van der Waals surface area contributed by atoms with E-state index in [0.717, 1.165) is 0 Å². The molecule has 0 aliphatic rings. The Morgan fingerprint density at radius 2 is 2.10 bits per heavy atom. The second-order valence-corrected chi connectivity index (χ2v) is 3.82. The summed E-state index contributed by atoms with van der Waals surface area (Å²) in [6.07, 6.45) is 0. The monoisotopic (exact) mass is 201 g/mol. The smallest absolute Gasteiger partial charge is 0.411 e. The van der Waals surface area contributed by atoms with Crippen molar-refractivity contribution < 1.29 is 9.53 Å². The van der Waals surface area contributed by atoms with E-state index in [1.807, 2.05) is 0 Å².